The Morgan fingerprint density at radius 1 is 1.03 bits per heavy atom. The molecule has 162 valence electrons. The number of aromatic nitrogens is 1. The topological polar surface area (TPSA) is 94.6 Å². The Hall–Kier alpha value is -3.39. The number of rotatable bonds is 8. The Morgan fingerprint density at radius 3 is 2.35 bits per heavy atom. The highest BCUT2D eigenvalue weighted by Crippen LogP contribution is 2.29. The van der Waals surface area contributed by atoms with Gasteiger partial charge in [-0.2, -0.15) is 0 Å². The summed E-state index contributed by atoms with van der Waals surface area (Å²) in [5, 5.41) is 1.74. The molecular formula is C23H24N2O5S. The van der Waals surface area contributed by atoms with Gasteiger partial charge in [0.1, 0.15) is 5.25 Å². The maximum absolute atomic E-state index is 13.4. The number of carbonyl (C=O) groups excluding carboxylic acids is 1. The standard InChI is InChI=1S/C23H24N2O5S/c1-16-6-9-19(10-7-16)31(27,28)22(18-5-4-12-24-14-18)15-25-23(26)17-8-11-20(29-2)21(13-17)30-3/h4-14,22H,15H2,1-3H3,(H,25,26)/t22-/m1/s1. The van der Waals surface area contributed by atoms with Gasteiger partial charge in [-0.15, -0.1) is 0 Å². The number of methoxy groups -OCH3 is 2. The number of sulfone groups is 1. The zero-order valence-electron chi connectivity index (χ0n) is 17.5. The molecule has 0 aliphatic carbocycles. The van der Waals surface area contributed by atoms with E-state index in [1.807, 2.05) is 6.92 Å². The largest absolute Gasteiger partial charge is 0.493 e. The Kier molecular flexibility index (Phi) is 6.91. The second-order valence-electron chi connectivity index (χ2n) is 6.91. The predicted molar refractivity (Wildman–Crippen MR) is 117 cm³/mol. The van der Waals surface area contributed by atoms with Gasteiger partial charge in [0.2, 0.25) is 0 Å². The molecule has 0 fully saturated rings. The van der Waals surface area contributed by atoms with Gasteiger partial charge in [0, 0.05) is 24.5 Å². The molecule has 7 nitrogen and oxygen atoms in total. The number of benzene rings is 2. The van der Waals surface area contributed by atoms with E-state index in [-0.39, 0.29) is 11.4 Å². The van der Waals surface area contributed by atoms with E-state index in [1.165, 1.54) is 20.4 Å². The molecule has 0 spiro atoms. The highest BCUT2D eigenvalue weighted by Gasteiger charge is 2.30. The van der Waals surface area contributed by atoms with Crippen LogP contribution in [0.5, 0.6) is 11.5 Å². The molecule has 0 aliphatic rings. The SMILES string of the molecule is COc1ccc(C(=O)NC[C@H](c2cccnc2)S(=O)(=O)c2ccc(C)cc2)cc1OC. The smallest absolute Gasteiger partial charge is 0.251 e. The lowest BCUT2D eigenvalue weighted by Crippen LogP contribution is -2.32. The van der Waals surface area contributed by atoms with Crippen LogP contribution >= 0.6 is 0 Å². The molecule has 3 rings (SSSR count). The van der Waals surface area contributed by atoms with Crippen molar-refractivity contribution in [3.05, 3.63) is 83.7 Å². The van der Waals surface area contributed by atoms with E-state index in [2.05, 4.69) is 10.3 Å². The van der Waals surface area contributed by atoms with Crippen LogP contribution in [0.2, 0.25) is 0 Å². The number of hydrogen-bond acceptors (Lipinski definition) is 6. The van der Waals surface area contributed by atoms with Crippen molar-refractivity contribution < 1.29 is 22.7 Å². The molecule has 0 unspecified atom stereocenters. The van der Waals surface area contributed by atoms with E-state index >= 15 is 0 Å². The predicted octanol–water partition coefficient (Wildman–Crippen LogP) is 3.35. The van der Waals surface area contributed by atoms with E-state index in [0.29, 0.717) is 22.6 Å². The van der Waals surface area contributed by atoms with E-state index in [9.17, 15) is 13.2 Å². The maximum atomic E-state index is 13.4. The first-order valence-electron chi connectivity index (χ1n) is 9.57. The summed E-state index contributed by atoms with van der Waals surface area (Å²) in [5.41, 5.74) is 1.78. The molecule has 0 radical (unpaired) electrons. The van der Waals surface area contributed by atoms with Crippen molar-refractivity contribution in [3.63, 3.8) is 0 Å². The van der Waals surface area contributed by atoms with Crippen LogP contribution in [-0.2, 0) is 9.84 Å². The van der Waals surface area contributed by atoms with Crippen LogP contribution in [-0.4, -0.2) is 40.1 Å². The quantitative estimate of drug-likeness (QED) is 0.577. The Morgan fingerprint density at radius 2 is 1.74 bits per heavy atom. The van der Waals surface area contributed by atoms with Crippen LogP contribution < -0.4 is 14.8 Å². The number of pyridine rings is 1. The monoisotopic (exact) mass is 440 g/mol. The van der Waals surface area contributed by atoms with Crippen molar-refractivity contribution in [3.8, 4) is 11.5 Å². The van der Waals surface area contributed by atoms with Crippen molar-refractivity contribution >= 4 is 15.7 Å². The molecule has 0 aliphatic heterocycles. The number of nitrogens with zero attached hydrogens (tertiary/aromatic N) is 1. The highest BCUT2D eigenvalue weighted by molar-refractivity contribution is 7.91. The summed E-state index contributed by atoms with van der Waals surface area (Å²) in [5.74, 6) is 0.481. The summed E-state index contributed by atoms with van der Waals surface area (Å²) >= 11 is 0. The van der Waals surface area contributed by atoms with E-state index in [4.69, 9.17) is 9.47 Å². The summed E-state index contributed by atoms with van der Waals surface area (Å²) in [4.78, 5) is 17.0. The second-order valence-corrected chi connectivity index (χ2v) is 9.04. The van der Waals surface area contributed by atoms with Gasteiger partial charge in [-0.25, -0.2) is 8.42 Å². The Balaban J connectivity index is 1.88. The minimum atomic E-state index is -3.77. The van der Waals surface area contributed by atoms with Crippen LogP contribution in [0.15, 0.2) is 71.9 Å². The number of nitrogens with one attached hydrogen (secondary N) is 1. The second kappa shape index (κ2) is 9.61. The van der Waals surface area contributed by atoms with Gasteiger partial charge in [-0.1, -0.05) is 23.8 Å². The van der Waals surface area contributed by atoms with Crippen molar-refractivity contribution in [1.29, 1.82) is 0 Å². The molecule has 0 bridgehead atoms. The molecule has 31 heavy (non-hydrogen) atoms. The van der Waals surface area contributed by atoms with Gasteiger partial charge < -0.3 is 14.8 Å². The molecule has 0 saturated heterocycles. The van der Waals surface area contributed by atoms with Gasteiger partial charge in [-0.05, 0) is 48.9 Å². The first-order chi connectivity index (χ1) is 14.9. The lowest BCUT2D eigenvalue weighted by atomic mass is 10.1. The zero-order valence-corrected chi connectivity index (χ0v) is 18.3. The van der Waals surface area contributed by atoms with Crippen molar-refractivity contribution in [1.82, 2.24) is 10.3 Å². The van der Waals surface area contributed by atoms with Crippen molar-refractivity contribution in [2.75, 3.05) is 20.8 Å². The Labute approximate surface area is 182 Å². The fourth-order valence-electron chi connectivity index (χ4n) is 3.13. The summed E-state index contributed by atoms with van der Waals surface area (Å²) in [6.45, 7) is 1.77. The van der Waals surface area contributed by atoms with Gasteiger partial charge in [-0.3, -0.25) is 9.78 Å². The van der Waals surface area contributed by atoms with Crippen molar-refractivity contribution in [2.45, 2.75) is 17.1 Å². The molecule has 0 saturated carbocycles. The van der Waals surface area contributed by atoms with E-state index < -0.39 is 21.0 Å². The average Bonchev–Trinajstić information content (AvgIpc) is 2.79. The number of ether oxygens (including phenoxy) is 2. The summed E-state index contributed by atoms with van der Waals surface area (Å²) in [6.07, 6.45) is 3.07. The molecule has 1 amide bonds. The van der Waals surface area contributed by atoms with Crippen LogP contribution in [0.3, 0.4) is 0 Å². The summed E-state index contributed by atoms with van der Waals surface area (Å²) in [7, 11) is -0.787. The number of carbonyl (C=O) groups is 1. The molecule has 1 heterocycles. The summed E-state index contributed by atoms with van der Waals surface area (Å²) in [6, 6.07) is 14.7. The van der Waals surface area contributed by atoms with Gasteiger partial charge in [0.05, 0.1) is 19.1 Å². The molecule has 8 heteroatoms. The molecular weight excluding hydrogens is 416 g/mol. The highest BCUT2D eigenvalue weighted by atomic mass is 32.2. The van der Waals surface area contributed by atoms with E-state index in [0.717, 1.165) is 5.56 Å². The van der Waals surface area contributed by atoms with Gasteiger partial charge in [0.25, 0.3) is 5.91 Å². The van der Waals surface area contributed by atoms with Crippen LogP contribution in [0, 0.1) is 6.92 Å². The lowest BCUT2D eigenvalue weighted by Gasteiger charge is -2.19. The number of amides is 1. The third kappa shape index (κ3) is 5.03. The van der Waals surface area contributed by atoms with E-state index in [1.54, 1.807) is 60.8 Å². The third-order valence-corrected chi connectivity index (χ3v) is 6.99. The van der Waals surface area contributed by atoms with Crippen LogP contribution in [0.25, 0.3) is 0 Å². The molecule has 3 aromatic rings. The maximum Gasteiger partial charge on any atom is 0.251 e. The van der Waals surface area contributed by atoms with Crippen molar-refractivity contribution in [2.24, 2.45) is 0 Å². The first-order valence-corrected chi connectivity index (χ1v) is 11.1. The normalized spacial score (nSPS) is 12.1. The average molecular weight is 441 g/mol. The first kappa shape index (κ1) is 22.3. The fourth-order valence-corrected chi connectivity index (χ4v) is 4.77. The van der Waals surface area contributed by atoms with Crippen LogP contribution in [0.4, 0.5) is 0 Å². The molecule has 1 atom stereocenters. The van der Waals surface area contributed by atoms with Gasteiger partial charge in [0.15, 0.2) is 21.3 Å². The third-order valence-electron chi connectivity index (χ3n) is 4.87. The lowest BCUT2D eigenvalue weighted by molar-refractivity contribution is 0.0953. The number of aryl methyl sites for hydroxylation is 1. The van der Waals surface area contributed by atoms with Crippen LogP contribution in [0.1, 0.15) is 26.7 Å². The minimum Gasteiger partial charge on any atom is -0.493 e. The molecule has 2 aromatic carbocycles. The minimum absolute atomic E-state index is 0.116. The Bertz CT molecular complexity index is 1150. The number of hydrogen-bond donors (Lipinski definition) is 1. The molecule has 1 N–H and O–H groups in total. The zero-order chi connectivity index (χ0) is 22.4. The molecule has 1 aromatic heterocycles. The fraction of sp³-hybridized carbons (Fsp3) is 0.217. The summed E-state index contributed by atoms with van der Waals surface area (Å²) < 4.78 is 37.1. The van der Waals surface area contributed by atoms with Gasteiger partial charge >= 0.3 is 0 Å².